The summed E-state index contributed by atoms with van der Waals surface area (Å²) >= 11 is 0. The van der Waals surface area contributed by atoms with Crippen molar-refractivity contribution < 1.29 is 9.84 Å². The van der Waals surface area contributed by atoms with Crippen LogP contribution in [0.4, 0.5) is 11.5 Å². The van der Waals surface area contributed by atoms with Crippen molar-refractivity contribution in [3.63, 3.8) is 0 Å². The number of nitrogens with zero attached hydrogens (tertiary/aromatic N) is 4. The van der Waals surface area contributed by atoms with Crippen LogP contribution in [-0.4, -0.2) is 27.4 Å². The first-order chi connectivity index (χ1) is 17.0. The van der Waals surface area contributed by atoms with Gasteiger partial charge in [-0.1, -0.05) is 59.7 Å². The summed E-state index contributed by atoms with van der Waals surface area (Å²) in [5.41, 5.74) is 6.96. The number of ether oxygens (including phenoxy) is 1. The van der Waals surface area contributed by atoms with Crippen LogP contribution >= 0.6 is 0 Å². The SMILES string of the molecule is COc1ccccc1Cc1cc(-c2ccc(C)cc2)nnc1N=Nc1c(O)[nH]c2ccc(C)cc12. The first-order valence-corrected chi connectivity index (χ1v) is 11.3. The van der Waals surface area contributed by atoms with E-state index in [9.17, 15) is 5.11 Å². The summed E-state index contributed by atoms with van der Waals surface area (Å²) in [5.74, 6) is 1.13. The first kappa shape index (κ1) is 22.3. The summed E-state index contributed by atoms with van der Waals surface area (Å²) in [5, 5.41) is 28.8. The summed E-state index contributed by atoms with van der Waals surface area (Å²) in [7, 11) is 1.66. The second-order valence-electron chi connectivity index (χ2n) is 8.50. The molecule has 3 aromatic carbocycles. The molecule has 7 nitrogen and oxygen atoms in total. The molecule has 0 aliphatic heterocycles. The number of fused-ring (bicyclic) bond motifs is 1. The zero-order chi connectivity index (χ0) is 24.4. The number of aryl methyl sites for hydroxylation is 2. The predicted molar refractivity (Wildman–Crippen MR) is 137 cm³/mol. The third kappa shape index (κ3) is 4.61. The van der Waals surface area contributed by atoms with E-state index < -0.39 is 0 Å². The van der Waals surface area contributed by atoms with E-state index in [1.807, 2.05) is 86.6 Å². The number of benzene rings is 3. The molecular weight excluding hydrogens is 438 g/mol. The number of aromatic hydroxyl groups is 1. The van der Waals surface area contributed by atoms with E-state index >= 15 is 0 Å². The number of nitrogens with one attached hydrogen (secondary N) is 1. The number of aromatic nitrogens is 3. The van der Waals surface area contributed by atoms with Gasteiger partial charge in [0, 0.05) is 22.9 Å². The van der Waals surface area contributed by atoms with Gasteiger partial charge in [-0.3, -0.25) is 0 Å². The van der Waals surface area contributed by atoms with Gasteiger partial charge >= 0.3 is 0 Å². The minimum Gasteiger partial charge on any atom is -0.496 e. The number of para-hydroxylation sites is 1. The molecule has 174 valence electrons. The van der Waals surface area contributed by atoms with E-state index in [1.165, 1.54) is 5.56 Å². The van der Waals surface area contributed by atoms with Crippen molar-refractivity contribution in [2.75, 3.05) is 7.11 Å². The van der Waals surface area contributed by atoms with Crippen molar-refractivity contribution in [2.45, 2.75) is 20.3 Å². The minimum atomic E-state index is -0.0372. The Morgan fingerprint density at radius 1 is 0.857 bits per heavy atom. The van der Waals surface area contributed by atoms with Crippen LogP contribution < -0.4 is 4.74 Å². The van der Waals surface area contributed by atoms with Crippen LogP contribution in [-0.2, 0) is 6.42 Å². The molecule has 0 radical (unpaired) electrons. The highest BCUT2D eigenvalue weighted by molar-refractivity contribution is 5.94. The fourth-order valence-electron chi connectivity index (χ4n) is 4.03. The summed E-state index contributed by atoms with van der Waals surface area (Å²) in [6.45, 7) is 4.04. The molecule has 0 unspecified atom stereocenters. The van der Waals surface area contributed by atoms with Crippen LogP contribution in [0.1, 0.15) is 22.3 Å². The molecule has 0 fully saturated rings. The number of hydrogen-bond donors (Lipinski definition) is 2. The number of azo groups is 1. The maximum absolute atomic E-state index is 10.4. The Morgan fingerprint density at radius 3 is 2.43 bits per heavy atom. The van der Waals surface area contributed by atoms with Crippen molar-refractivity contribution in [1.29, 1.82) is 0 Å². The van der Waals surface area contributed by atoms with Gasteiger partial charge in [-0.15, -0.1) is 20.4 Å². The zero-order valence-electron chi connectivity index (χ0n) is 19.8. The molecule has 0 atom stereocenters. The molecule has 35 heavy (non-hydrogen) atoms. The maximum atomic E-state index is 10.4. The number of H-pyrrole nitrogens is 1. The molecule has 2 aromatic heterocycles. The Morgan fingerprint density at radius 2 is 1.63 bits per heavy atom. The van der Waals surface area contributed by atoms with Gasteiger partial charge in [-0.05, 0) is 43.7 Å². The van der Waals surface area contributed by atoms with E-state index in [0.29, 0.717) is 17.9 Å². The van der Waals surface area contributed by atoms with E-state index in [-0.39, 0.29) is 5.88 Å². The van der Waals surface area contributed by atoms with Crippen molar-refractivity contribution in [1.82, 2.24) is 15.2 Å². The van der Waals surface area contributed by atoms with Crippen molar-refractivity contribution >= 4 is 22.4 Å². The Balaban J connectivity index is 1.59. The van der Waals surface area contributed by atoms with Crippen LogP contribution in [0.5, 0.6) is 11.6 Å². The highest BCUT2D eigenvalue weighted by Gasteiger charge is 2.14. The Hall–Kier alpha value is -4.52. The molecule has 5 rings (SSSR count). The number of rotatable bonds is 6. The molecule has 5 aromatic rings. The Kier molecular flexibility index (Phi) is 5.97. The normalized spacial score (nSPS) is 11.4. The van der Waals surface area contributed by atoms with Crippen LogP contribution in [0.25, 0.3) is 22.2 Å². The molecular formula is C28H25N5O2. The molecule has 0 saturated carbocycles. The molecule has 2 heterocycles. The molecule has 7 heteroatoms. The smallest absolute Gasteiger partial charge is 0.218 e. The lowest BCUT2D eigenvalue weighted by Crippen LogP contribution is -1.98. The fraction of sp³-hybridized carbons (Fsp3) is 0.143. The number of aromatic amines is 1. The van der Waals surface area contributed by atoms with Gasteiger partial charge in [0.05, 0.1) is 18.3 Å². The van der Waals surface area contributed by atoms with Crippen LogP contribution in [0.15, 0.2) is 83.0 Å². The van der Waals surface area contributed by atoms with E-state index in [2.05, 4.69) is 25.4 Å². The molecule has 0 aliphatic carbocycles. The summed E-state index contributed by atoms with van der Waals surface area (Å²) in [6.07, 6.45) is 0.533. The first-order valence-electron chi connectivity index (χ1n) is 11.3. The standard InChI is InChI=1S/C28H25N5O2/c1-17-8-11-19(12-9-17)24-16-21(15-20-6-4-5-7-25(20)35-3)27(32-30-24)33-31-26-22-14-18(2)10-13-23(22)29-28(26)34/h4-14,16,29,34H,15H2,1-3H3. The van der Waals surface area contributed by atoms with Crippen LogP contribution in [0, 0.1) is 13.8 Å². The third-order valence-electron chi connectivity index (χ3n) is 5.92. The molecule has 2 N–H and O–H groups in total. The molecule has 0 aliphatic rings. The largest absolute Gasteiger partial charge is 0.496 e. The van der Waals surface area contributed by atoms with Crippen LogP contribution in [0.2, 0.25) is 0 Å². The summed E-state index contributed by atoms with van der Waals surface area (Å²) in [4.78, 5) is 2.94. The highest BCUT2D eigenvalue weighted by Crippen LogP contribution is 2.37. The van der Waals surface area contributed by atoms with Crippen LogP contribution in [0.3, 0.4) is 0 Å². The zero-order valence-corrected chi connectivity index (χ0v) is 19.8. The van der Waals surface area contributed by atoms with Gasteiger partial charge in [0.2, 0.25) is 5.88 Å². The van der Waals surface area contributed by atoms with Crippen molar-refractivity contribution in [2.24, 2.45) is 10.2 Å². The van der Waals surface area contributed by atoms with Gasteiger partial charge in [-0.25, -0.2) is 0 Å². The lowest BCUT2D eigenvalue weighted by atomic mass is 10.0. The van der Waals surface area contributed by atoms with Gasteiger partial charge in [-0.2, -0.15) is 0 Å². The van der Waals surface area contributed by atoms with Gasteiger partial charge in [0.25, 0.3) is 0 Å². The van der Waals surface area contributed by atoms with E-state index in [0.717, 1.165) is 44.6 Å². The quantitative estimate of drug-likeness (QED) is 0.266. The molecule has 0 saturated heterocycles. The monoisotopic (exact) mass is 463 g/mol. The lowest BCUT2D eigenvalue weighted by Gasteiger charge is -2.10. The third-order valence-corrected chi connectivity index (χ3v) is 5.92. The molecule has 0 spiro atoms. The molecule has 0 amide bonds. The fourth-order valence-corrected chi connectivity index (χ4v) is 4.03. The topological polar surface area (TPSA) is 95.8 Å². The lowest BCUT2D eigenvalue weighted by molar-refractivity contribution is 0.410. The van der Waals surface area contributed by atoms with Crippen molar-refractivity contribution in [3.8, 4) is 22.9 Å². The Labute approximate surface area is 203 Å². The average molecular weight is 464 g/mol. The number of hydrogen-bond acceptors (Lipinski definition) is 6. The van der Waals surface area contributed by atoms with Crippen molar-refractivity contribution in [3.05, 3.63) is 95.1 Å². The maximum Gasteiger partial charge on any atom is 0.218 e. The predicted octanol–water partition coefficient (Wildman–Crippen LogP) is 6.96. The second kappa shape index (κ2) is 9.38. The Bertz CT molecular complexity index is 1540. The minimum absolute atomic E-state index is 0.0372. The van der Waals surface area contributed by atoms with E-state index in [1.54, 1.807) is 7.11 Å². The second-order valence-corrected chi connectivity index (χ2v) is 8.50. The van der Waals surface area contributed by atoms with E-state index in [4.69, 9.17) is 4.74 Å². The molecule has 0 bridgehead atoms. The summed E-state index contributed by atoms with van der Waals surface area (Å²) < 4.78 is 5.55. The van der Waals surface area contributed by atoms with Gasteiger partial charge < -0.3 is 14.8 Å². The summed E-state index contributed by atoms with van der Waals surface area (Å²) in [6, 6.07) is 23.8. The van der Waals surface area contributed by atoms with Gasteiger partial charge in [0.15, 0.2) is 11.5 Å². The number of methoxy groups -OCH3 is 1. The average Bonchev–Trinajstić information content (AvgIpc) is 3.18. The highest BCUT2D eigenvalue weighted by atomic mass is 16.5. The van der Waals surface area contributed by atoms with Gasteiger partial charge in [0.1, 0.15) is 5.75 Å².